The van der Waals surface area contributed by atoms with E-state index in [1.54, 1.807) is 48.6 Å². The maximum atomic E-state index is 10.8. The molecule has 160 valence electrons. The van der Waals surface area contributed by atoms with Gasteiger partial charge < -0.3 is 0 Å². The van der Waals surface area contributed by atoms with Crippen LogP contribution < -0.4 is 5.43 Å². The van der Waals surface area contributed by atoms with Gasteiger partial charge in [-0.2, -0.15) is 14.9 Å². The normalized spacial score (nSPS) is 11.8. The van der Waals surface area contributed by atoms with Gasteiger partial charge in [0.15, 0.2) is 0 Å². The average Bonchev–Trinajstić information content (AvgIpc) is 3.24. The molecule has 0 aliphatic heterocycles. The number of nitrogens with one attached hydrogen (secondary N) is 1. The van der Waals surface area contributed by atoms with Gasteiger partial charge in [-0.3, -0.25) is 20.2 Å². The minimum Gasteiger partial charge on any atom is -0.258 e. The van der Waals surface area contributed by atoms with Gasteiger partial charge in [-0.1, -0.05) is 36.4 Å². The number of nitrogens with zero attached hydrogens (tertiary/aromatic N) is 7. The van der Waals surface area contributed by atoms with Crippen LogP contribution in [0.3, 0.4) is 0 Å². The molecule has 12 heteroatoms. The van der Waals surface area contributed by atoms with E-state index in [0.29, 0.717) is 11.1 Å². The molecule has 0 fully saturated rings. The molecule has 32 heavy (non-hydrogen) atoms. The van der Waals surface area contributed by atoms with Crippen LogP contribution in [0.25, 0.3) is 12.2 Å². The maximum absolute atomic E-state index is 10.8. The lowest BCUT2D eigenvalue weighted by molar-refractivity contribution is -0.385. The predicted molar refractivity (Wildman–Crippen MR) is 120 cm³/mol. The number of hydrogen-bond donors (Lipinski definition) is 1. The van der Waals surface area contributed by atoms with Gasteiger partial charge in [0, 0.05) is 36.7 Å². The zero-order valence-electron chi connectivity index (χ0n) is 16.4. The third kappa shape index (κ3) is 6.25. The van der Waals surface area contributed by atoms with Gasteiger partial charge in [0.25, 0.3) is 17.3 Å². The van der Waals surface area contributed by atoms with Crippen molar-refractivity contribution >= 4 is 41.9 Å². The van der Waals surface area contributed by atoms with Crippen LogP contribution in [-0.4, -0.2) is 37.1 Å². The molecule has 3 rings (SSSR count). The third-order valence-corrected chi connectivity index (χ3v) is 3.87. The van der Waals surface area contributed by atoms with Crippen molar-refractivity contribution < 1.29 is 9.85 Å². The minimum atomic E-state index is -0.459. The van der Waals surface area contributed by atoms with E-state index < -0.39 is 9.85 Å². The summed E-state index contributed by atoms with van der Waals surface area (Å²) in [5.74, 6) is 0.255. The summed E-state index contributed by atoms with van der Waals surface area (Å²) in [4.78, 5) is 20.7. The third-order valence-electron chi connectivity index (χ3n) is 3.87. The number of hydrazone groups is 1. The molecule has 1 aromatic heterocycles. The minimum absolute atomic E-state index is 0.00628. The van der Waals surface area contributed by atoms with E-state index in [1.165, 1.54) is 47.7 Å². The summed E-state index contributed by atoms with van der Waals surface area (Å²) in [6, 6.07) is 12.4. The topological polar surface area (TPSA) is 154 Å². The number of nitro benzene ring substituents is 2. The number of allylic oxidation sites excluding steroid dienone is 2. The fourth-order valence-corrected chi connectivity index (χ4v) is 2.43. The van der Waals surface area contributed by atoms with Crippen LogP contribution in [0.4, 0.5) is 17.3 Å². The Morgan fingerprint density at radius 3 is 2.09 bits per heavy atom. The highest BCUT2D eigenvalue weighted by Gasteiger charge is 2.04. The molecule has 0 aliphatic rings. The number of rotatable bonds is 9. The molecule has 12 nitrogen and oxygen atoms in total. The Labute approximate surface area is 181 Å². The highest BCUT2D eigenvalue weighted by molar-refractivity contribution is 5.79. The van der Waals surface area contributed by atoms with Gasteiger partial charge in [0.2, 0.25) is 0 Å². The molecule has 0 saturated heterocycles. The molecule has 0 atom stereocenters. The van der Waals surface area contributed by atoms with Crippen molar-refractivity contribution in [2.75, 3.05) is 5.43 Å². The summed E-state index contributed by atoms with van der Waals surface area (Å²) in [6.07, 6.45) is 10.9. The molecular formula is C20H16N8O4. The number of benzene rings is 2. The Morgan fingerprint density at radius 1 is 0.906 bits per heavy atom. The van der Waals surface area contributed by atoms with Crippen molar-refractivity contribution in [3.8, 4) is 0 Å². The highest BCUT2D eigenvalue weighted by atomic mass is 16.6. The summed E-state index contributed by atoms with van der Waals surface area (Å²) in [5, 5.41) is 37.3. The molecule has 1 heterocycles. The van der Waals surface area contributed by atoms with Crippen LogP contribution in [0.1, 0.15) is 11.1 Å². The first-order valence-electron chi connectivity index (χ1n) is 9.08. The van der Waals surface area contributed by atoms with Crippen molar-refractivity contribution in [2.45, 2.75) is 0 Å². The van der Waals surface area contributed by atoms with Crippen molar-refractivity contribution in [2.24, 2.45) is 10.2 Å². The molecule has 0 spiro atoms. The molecule has 0 saturated carbocycles. The lowest BCUT2D eigenvalue weighted by Crippen LogP contribution is -1.97. The quantitative estimate of drug-likeness (QED) is 0.307. The van der Waals surface area contributed by atoms with Gasteiger partial charge in [-0.25, -0.2) is 5.43 Å². The molecular weight excluding hydrogens is 416 g/mol. The van der Waals surface area contributed by atoms with Crippen LogP contribution in [-0.2, 0) is 0 Å². The van der Waals surface area contributed by atoms with Crippen molar-refractivity contribution in [1.82, 2.24) is 14.9 Å². The van der Waals surface area contributed by atoms with Crippen molar-refractivity contribution in [1.29, 1.82) is 0 Å². The van der Waals surface area contributed by atoms with Crippen molar-refractivity contribution in [3.05, 3.63) is 98.4 Å². The van der Waals surface area contributed by atoms with E-state index in [9.17, 15) is 20.2 Å². The zero-order valence-corrected chi connectivity index (χ0v) is 16.4. The van der Waals surface area contributed by atoms with E-state index >= 15 is 0 Å². The predicted octanol–water partition coefficient (Wildman–Crippen LogP) is 3.75. The van der Waals surface area contributed by atoms with Crippen LogP contribution in [0.2, 0.25) is 0 Å². The standard InChI is InChI=1S/C20H16N8O4/c29-27(30)18-9-1-5-16(13-18)7-3-11-21-24-20-25-22-15-26(20)23-12-4-8-17-6-2-10-19(14-17)28(31)32/h1-15H,(H,24,25). The number of anilines is 1. The smallest absolute Gasteiger partial charge is 0.258 e. The molecule has 0 bridgehead atoms. The van der Waals surface area contributed by atoms with Crippen LogP contribution in [0.15, 0.2) is 77.2 Å². The lowest BCUT2D eigenvalue weighted by atomic mass is 10.2. The van der Waals surface area contributed by atoms with Gasteiger partial charge >= 0.3 is 0 Å². The highest BCUT2D eigenvalue weighted by Crippen LogP contribution is 2.14. The van der Waals surface area contributed by atoms with Gasteiger partial charge in [0.1, 0.15) is 6.33 Å². The summed E-state index contributed by atoms with van der Waals surface area (Å²) in [5.41, 5.74) is 4.01. The summed E-state index contributed by atoms with van der Waals surface area (Å²) >= 11 is 0. The Bertz CT molecular complexity index is 1230. The fraction of sp³-hybridized carbons (Fsp3) is 0. The lowest BCUT2D eigenvalue weighted by Gasteiger charge is -1.97. The van der Waals surface area contributed by atoms with E-state index in [-0.39, 0.29) is 17.3 Å². The molecule has 0 radical (unpaired) electrons. The molecule has 1 N–H and O–H groups in total. The van der Waals surface area contributed by atoms with E-state index in [1.807, 2.05) is 0 Å². The Kier molecular flexibility index (Phi) is 7.25. The average molecular weight is 432 g/mol. The fourth-order valence-electron chi connectivity index (χ4n) is 2.43. The zero-order chi connectivity index (χ0) is 22.8. The molecule has 0 aliphatic carbocycles. The van der Waals surface area contributed by atoms with Crippen molar-refractivity contribution in [3.63, 3.8) is 0 Å². The Hall–Kier alpha value is -5.00. The number of hydrogen-bond acceptors (Lipinski definition) is 9. The van der Waals surface area contributed by atoms with E-state index in [4.69, 9.17) is 0 Å². The van der Waals surface area contributed by atoms with E-state index in [2.05, 4.69) is 25.8 Å². The first-order valence-corrected chi connectivity index (χ1v) is 9.08. The van der Waals surface area contributed by atoms with Gasteiger partial charge in [-0.15, -0.1) is 10.2 Å². The second kappa shape index (κ2) is 10.7. The molecule has 0 amide bonds. The summed E-state index contributed by atoms with van der Waals surface area (Å²) < 4.78 is 1.35. The van der Waals surface area contributed by atoms with Gasteiger partial charge in [0.05, 0.1) is 9.85 Å². The SMILES string of the molecule is O=[N+]([O-])c1cccc(C=CC=NNc2nncn2N=CC=Cc2cccc([N+](=O)[O-])c2)c1. The monoisotopic (exact) mass is 432 g/mol. The molecule has 3 aromatic rings. The van der Waals surface area contributed by atoms with Crippen LogP contribution >= 0.6 is 0 Å². The summed E-state index contributed by atoms with van der Waals surface area (Å²) in [7, 11) is 0. The first-order chi connectivity index (χ1) is 15.5. The van der Waals surface area contributed by atoms with Gasteiger partial charge in [-0.05, 0) is 23.3 Å². The van der Waals surface area contributed by atoms with Crippen LogP contribution in [0, 0.1) is 20.2 Å². The van der Waals surface area contributed by atoms with E-state index in [0.717, 1.165) is 0 Å². The molecule has 2 aromatic carbocycles. The molecule has 0 unspecified atom stereocenters. The second-order valence-electron chi connectivity index (χ2n) is 6.08. The summed E-state index contributed by atoms with van der Waals surface area (Å²) in [6.45, 7) is 0. The number of non-ortho nitro benzene ring substituents is 2. The Morgan fingerprint density at radius 2 is 1.50 bits per heavy atom. The van der Waals surface area contributed by atoms with Crippen LogP contribution in [0.5, 0.6) is 0 Å². The Balaban J connectivity index is 1.56. The number of aromatic nitrogens is 3. The first kappa shape index (κ1) is 21.7. The second-order valence-corrected chi connectivity index (χ2v) is 6.08. The number of nitro groups is 2. The maximum Gasteiger partial charge on any atom is 0.270 e. The largest absolute Gasteiger partial charge is 0.270 e.